The van der Waals surface area contributed by atoms with Crippen molar-refractivity contribution in [1.29, 1.82) is 0 Å². The van der Waals surface area contributed by atoms with Crippen molar-refractivity contribution in [1.82, 2.24) is 9.03 Å². The van der Waals surface area contributed by atoms with Crippen LogP contribution < -0.4 is 10.5 Å². The molecule has 0 spiro atoms. The zero-order chi connectivity index (χ0) is 13.1. The maximum Gasteiger partial charge on any atom is 0.279 e. The van der Waals surface area contributed by atoms with Crippen LogP contribution in [-0.4, -0.2) is 37.3 Å². The van der Waals surface area contributed by atoms with Gasteiger partial charge in [-0.3, -0.25) is 0 Å². The third-order valence-electron chi connectivity index (χ3n) is 2.47. The van der Waals surface area contributed by atoms with E-state index in [0.717, 1.165) is 0 Å². The van der Waals surface area contributed by atoms with Crippen molar-refractivity contribution in [2.75, 3.05) is 13.6 Å². The number of nitrogens with two attached hydrogens (primary N) is 1. The van der Waals surface area contributed by atoms with Gasteiger partial charge in [-0.2, -0.15) is 12.7 Å². The van der Waals surface area contributed by atoms with Gasteiger partial charge < -0.3 is 5.73 Å². The summed E-state index contributed by atoms with van der Waals surface area (Å²) in [4.78, 5) is 0.294. The van der Waals surface area contributed by atoms with Gasteiger partial charge in [0.15, 0.2) is 0 Å². The Hall–Kier alpha value is -0.240. The SMILES string of the molecule is CC(C)N(C)S(=O)(=O)NCC(C)(C)C(N)=S. The van der Waals surface area contributed by atoms with Gasteiger partial charge in [-0.05, 0) is 13.8 Å². The molecule has 0 aliphatic heterocycles. The zero-order valence-corrected chi connectivity index (χ0v) is 12.1. The van der Waals surface area contributed by atoms with Gasteiger partial charge in [0, 0.05) is 25.0 Å². The third kappa shape index (κ3) is 4.32. The van der Waals surface area contributed by atoms with E-state index in [9.17, 15) is 8.42 Å². The lowest BCUT2D eigenvalue weighted by atomic mass is 9.94. The van der Waals surface area contributed by atoms with Crippen LogP contribution >= 0.6 is 12.2 Å². The summed E-state index contributed by atoms with van der Waals surface area (Å²) in [6.45, 7) is 7.40. The summed E-state index contributed by atoms with van der Waals surface area (Å²) in [7, 11) is -1.93. The molecule has 0 aromatic rings. The van der Waals surface area contributed by atoms with E-state index in [1.54, 1.807) is 27.7 Å². The first-order chi connectivity index (χ1) is 7.00. The van der Waals surface area contributed by atoms with Crippen molar-refractivity contribution in [3.8, 4) is 0 Å². The minimum absolute atomic E-state index is 0.0922. The molecule has 0 aliphatic rings. The van der Waals surface area contributed by atoms with Gasteiger partial charge in [0.2, 0.25) is 0 Å². The largest absolute Gasteiger partial charge is 0.393 e. The Kier molecular flexibility index (Phi) is 5.31. The fourth-order valence-corrected chi connectivity index (χ4v) is 2.11. The second-order valence-electron chi connectivity index (χ2n) is 4.68. The summed E-state index contributed by atoms with van der Waals surface area (Å²) >= 11 is 4.87. The highest BCUT2D eigenvalue weighted by molar-refractivity contribution is 7.87. The molecule has 7 heteroatoms. The fourth-order valence-electron chi connectivity index (χ4n) is 0.738. The maximum atomic E-state index is 11.8. The Morgan fingerprint density at radius 2 is 1.94 bits per heavy atom. The molecule has 0 atom stereocenters. The second kappa shape index (κ2) is 5.39. The highest BCUT2D eigenvalue weighted by Crippen LogP contribution is 2.14. The summed E-state index contributed by atoms with van der Waals surface area (Å²) in [5, 5.41) is 0. The van der Waals surface area contributed by atoms with Gasteiger partial charge in [0.25, 0.3) is 10.2 Å². The van der Waals surface area contributed by atoms with Gasteiger partial charge in [-0.25, -0.2) is 4.72 Å². The quantitative estimate of drug-likeness (QED) is 0.686. The Bertz CT molecular complexity index is 350. The van der Waals surface area contributed by atoms with Crippen LogP contribution in [0, 0.1) is 5.41 Å². The van der Waals surface area contributed by atoms with E-state index in [0.29, 0.717) is 4.99 Å². The van der Waals surface area contributed by atoms with Crippen molar-refractivity contribution < 1.29 is 8.42 Å². The van der Waals surface area contributed by atoms with Crippen LogP contribution in [0.5, 0.6) is 0 Å². The van der Waals surface area contributed by atoms with E-state index in [-0.39, 0.29) is 12.6 Å². The molecule has 16 heavy (non-hydrogen) atoms. The molecule has 96 valence electrons. The number of nitrogens with zero attached hydrogens (tertiary/aromatic N) is 1. The first-order valence-corrected chi connectivity index (χ1v) is 6.88. The molecule has 0 aromatic heterocycles. The van der Waals surface area contributed by atoms with Gasteiger partial charge >= 0.3 is 0 Å². The van der Waals surface area contributed by atoms with Crippen molar-refractivity contribution >= 4 is 27.4 Å². The van der Waals surface area contributed by atoms with Crippen molar-refractivity contribution in [3.05, 3.63) is 0 Å². The number of hydrogen-bond donors (Lipinski definition) is 2. The molecule has 0 unspecified atom stereocenters. The Morgan fingerprint density at radius 1 is 1.50 bits per heavy atom. The molecule has 0 amide bonds. The van der Waals surface area contributed by atoms with Crippen LogP contribution in [0.2, 0.25) is 0 Å². The van der Waals surface area contributed by atoms with Gasteiger partial charge in [0.1, 0.15) is 0 Å². The van der Waals surface area contributed by atoms with Crippen LogP contribution in [0.25, 0.3) is 0 Å². The highest BCUT2D eigenvalue weighted by Gasteiger charge is 2.26. The predicted molar refractivity (Wildman–Crippen MR) is 70.4 cm³/mol. The average molecular weight is 267 g/mol. The van der Waals surface area contributed by atoms with Crippen molar-refractivity contribution in [2.45, 2.75) is 33.7 Å². The third-order valence-corrected chi connectivity index (χ3v) is 4.71. The lowest BCUT2D eigenvalue weighted by Gasteiger charge is -2.26. The van der Waals surface area contributed by atoms with Crippen LogP contribution in [-0.2, 0) is 10.2 Å². The van der Waals surface area contributed by atoms with Crippen molar-refractivity contribution in [2.24, 2.45) is 11.1 Å². The molecule has 0 saturated heterocycles. The molecule has 0 radical (unpaired) electrons. The topological polar surface area (TPSA) is 75.4 Å². The zero-order valence-electron chi connectivity index (χ0n) is 10.4. The van der Waals surface area contributed by atoms with Crippen LogP contribution in [0.4, 0.5) is 0 Å². The smallest absolute Gasteiger partial charge is 0.279 e. The lowest BCUT2D eigenvalue weighted by molar-refractivity contribution is 0.394. The monoisotopic (exact) mass is 267 g/mol. The van der Waals surface area contributed by atoms with Gasteiger partial charge in [-0.1, -0.05) is 26.1 Å². The van der Waals surface area contributed by atoms with Crippen LogP contribution in [0.1, 0.15) is 27.7 Å². The molecular formula is C9H21N3O2S2. The number of rotatable bonds is 6. The van der Waals surface area contributed by atoms with E-state index in [4.69, 9.17) is 18.0 Å². The van der Waals surface area contributed by atoms with E-state index < -0.39 is 15.6 Å². The summed E-state index contributed by atoms with van der Waals surface area (Å²) in [5.74, 6) is 0. The molecule has 0 rings (SSSR count). The summed E-state index contributed by atoms with van der Waals surface area (Å²) in [5.41, 5.74) is 4.99. The standard InChI is InChI=1S/C9H21N3O2S2/c1-7(2)12(5)16(13,14)11-6-9(3,4)8(10)15/h7,11H,6H2,1-5H3,(H2,10,15). The number of nitrogens with one attached hydrogen (secondary N) is 1. The molecule has 0 aromatic carbocycles. The molecule has 0 heterocycles. The number of hydrogen-bond acceptors (Lipinski definition) is 3. The summed E-state index contributed by atoms with van der Waals surface area (Å²) < 4.78 is 27.3. The normalized spacial score (nSPS) is 13.4. The first-order valence-electron chi connectivity index (χ1n) is 5.03. The summed E-state index contributed by atoms with van der Waals surface area (Å²) in [6.07, 6.45) is 0. The van der Waals surface area contributed by atoms with Gasteiger partial charge in [0.05, 0.1) is 4.99 Å². The lowest BCUT2D eigenvalue weighted by Crippen LogP contribution is -2.47. The van der Waals surface area contributed by atoms with E-state index in [1.165, 1.54) is 11.4 Å². The summed E-state index contributed by atoms with van der Waals surface area (Å²) in [6, 6.07) is -0.0922. The van der Waals surface area contributed by atoms with E-state index >= 15 is 0 Å². The molecular weight excluding hydrogens is 246 g/mol. The number of thiocarbonyl (C=S) groups is 1. The average Bonchev–Trinajstić information content (AvgIpc) is 2.13. The fraction of sp³-hybridized carbons (Fsp3) is 0.889. The first kappa shape index (κ1) is 15.8. The molecule has 5 nitrogen and oxygen atoms in total. The minimum atomic E-state index is -3.46. The molecule has 3 N–H and O–H groups in total. The molecule has 0 bridgehead atoms. The molecule has 0 aliphatic carbocycles. The van der Waals surface area contributed by atoms with Gasteiger partial charge in [-0.15, -0.1) is 0 Å². The highest BCUT2D eigenvalue weighted by atomic mass is 32.2. The van der Waals surface area contributed by atoms with Crippen molar-refractivity contribution in [3.63, 3.8) is 0 Å². The predicted octanol–water partition coefficient (Wildman–Crippen LogP) is 0.473. The Morgan fingerprint density at radius 3 is 2.25 bits per heavy atom. The Labute approximate surface area is 104 Å². The van der Waals surface area contributed by atoms with E-state index in [1.807, 2.05) is 0 Å². The molecule has 0 fully saturated rings. The maximum absolute atomic E-state index is 11.8. The molecule has 0 saturated carbocycles. The second-order valence-corrected chi connectivity index (χ2v) is 6.94. The van der Waals surface area contributed by atoms with Crippen LogP contribution in [0.3, 0.4) is 0 Å². The minimum Gasteiger partial charge on any atom is -0.393 e. The van der Waals surface area contributed by atoms with Crippen LogP contribution in [0.15, 0.2) is 0 Å². The van der Waals surface area contributed by atoms with E-state index in [2.05, 4.69) is 4.72 Å². The Balaban J connectivity index is 4.59.